The number of carbonyl (C=O) groups is 1. The highest BCUT2D eigenvalue weighted by molar-refractivity contribution is 5.81. The third-order valence-corrected chi connectivity index (χ3v) is 2.54. The van der Waals surface area contributed by atoms with Gasteiger partial charge in [-0.05, 0) is 0 Å². The zero-order chi connectivity index (χ0) is 7.19. The molecule has 3 N–H and O–H groups in total. The van der Waals surface area contributed by atoms with Crippen molar-refractivity contribution in [2.24, 2.45) is 5.92 Å². The third-order valence-electron chi connectivity index (χ3n) is 2.54. The fraction of sp³-hybridized carbons (Fsp3) is 0.833. The zero-order valence-corrected chi connectivity index (χ0v) is 5.55. The molecule has 4 heteroatoms. The number of hydrogen-bond donors (Lipinski definition) is 3. The van der Waals surface area contributed by atoms with E-state index in [9.17, 15) is 4.79 Å². The van der Waals surface area contributed by atoms with Crippen LogP contribution in [0.15, 0.2) is 0 Å². The van der Waals surface area contributed by atoms with Crippen LogP contribution >= 0.6 is 0 Å². The van der Waals surface area contributed by atoms with Crippen LogP contribution in [0.25, 0.3) is 0 Å². The molecule has 2 saturated heterocycles. The first-order chi connectivity index (χ1) is 4.76. The molecule has 2 rings (SSSR count). The SMILES string of the molecule is O=C(O)C12CNCC1CN2. The third kappa shape index (κ3) is 0.507. The molecule has 2 heterocycles. The van der Waals surface area contributed by atoms with Crippen LogP contribution < -0.4 is 10.6 Å². The predicted molar refractivity (Wildman–Crippen MR) is 34.7 cm³/mol. The van der Waals surface area contributed by atoms with E-state index in [0.29, 0.717) is 12.5 Å². The Morgan fingerprint density at radius 2 is 2.40 bits per heavy atom. The Kier molecular flexibility index (Phi) is 1.04. The molecule has 10 heavy (non-hydrogen) atoms. The van der Waals surface area contributed by atoms with E-state index in [0.717, 1.165) is 13.1 Å². The van der Waals surface area contributed by atoms with Crippen molar-refractivity contribution in [1.82, 2.24) is 10.6 Å². The predicted octanol–water partition coefficient (Wildman–Crippen LogP) is -1.37. The van der Waals surface area contributed by atoms with Crippen molar-refractivity contribution < 1.29 is 9.90 Å². The molecule has 0 bridgehead atoms. The molecule has 2 atom stereocenters. The summed E-state index contributed by atoms with van der Waals surface area (Å²) < 4.78 is 0. The van der Waals surface area contributed by atoms with Gasteiger partial charge in [0, 0.05) is 25.6 Å². The molecule has 2 fully saturated rings. The van der Waals surface area contributed by atoms with Gasteiger partial charge in [-0.2, -0.15) is 0 Å². The maximum atomic E-state index is 10.7. The molecule has 2 aliphatic heterocycles. The van der Waals surface area contributed by atoms with Crippen LogP contribution in [0.5, 0.6) is 0 Å². The van der Waals surface area contributed by atoms with E-state index in [-0.39, 0.29) is 0 Å². The summed E-state index contributed by atoms with van der Waals surface area (Å²) >= 11 is 0. The quantitative estimate of drug-likeness (QED) is 0.423. The molecule has 0 spiro atoms. The summed E-state index contributed by atoms with van der Waals surface area (Å²) in [6.07, 6.45) is 0. The van der Waals surface area contributed by atoms with Crippen molar-refractivity contribution in [2.45, 2.75) is 5.54 Å². The molecule has 0 aromatic heterocycles. The Labute approximate surface area is 58.6 Å². The molecular weight excluding hydrogens is 132 g/mol. The van der Waals surface area contributed by atoms with Crippen LogP contribution in [0.3, 0.4) is 0 Å². The van der Waals surface area contributed by atoms with Gasteiger partial charge in [-0.15, -0.1) is 0 Å². The van der Waals surface area contributed by atoms with E-state index >= 15 is 0 Å². The van der Waals surface area contributed by atoms with Gasteiger partial charge >= 0.3 is 5.97 Å². The first-order valence-corrected chi connectivity index (χ1v) is 3.45. The Morgan fingerprint density at radius 3 is 2.70 bits per heavy atom. The molecule has 2 aliphatic rings. The largest absolute Gasteiger partial charge is 0.480 e. The fourth-order valence-corrected chi connectivity index (χ4v) is 1.72. The Hall–Kier alpha value is -0.610. The van der Waals surface area contributed by atoms with Gasteiger partial charge in [0.05, 0.1) is 0 Å². The van der Waals surface area contributed by atoms with E-state index < -0.39 is 11.5 Å². The highest BCUT2D eigenvalue weighted by Crippen LogP contribution is 2.29. The number of hydrogen-bond acceptors (Lipinski definition) is 3. The molecule has 56 valence electrons. The summed E-state index contributed by atoms with van der Waals surface area (Å²) in [5.74, 6) is -0.404. The van der Waals surface area contributed by atoms with Crippen LogP contribution in [0.4, 0.5) is 0 Å². The molecule has 2 unspecified atom stereocenters. The lowest BCUT2D eigenvalue weighted by molar-refractivity contribution is -0.149. The monoisotopic (exact) mass is 142 g/mol. The van der Waals surface area contributed by atoms with Gasteiger partial charge < -0.3 is 15.7 Å². The summed E-state index contributed by atoms with van der Waals surface area (Å²) in [6.45, 7) is 2.27. The Balaban J connectivity index is 2.21. The summed E-state index contributed by atoms with van der Waals surface area (Å²) in [5, 5.41) is 14.8. The number of aliphatic carboxylic acids is 1. The maximum Gasteiger partial charge on any atom is 0.325 e. The first kappa shape index (κ1) is 6.12. The van der Waals surface area contributed by atoms with E-state index in [1.807, 2.05) is 0 Å². The highest BCUT2D eigenvalue weighted by atomic mass is 16.4. The maximum absolute atomic E-state index is 10.7. The Bertz CT molecular complexity index is 183. The Morgan fingerprint density at radius 1 is 1.60 bits per heavy atom. The van der Waals surface area contributed by atoms with Crippen molar-refractivity contribution in [1.29, 1.82) is 0 Å². The lowest BCUT2D eigenvalue weighted by Gasteiger charge is -2.41. The number of carboxylic acid groups (broad SMARTS) is 1. The summed E-state index contributed by atoms with van der Waals surface area (Å²) in [7, 11) is 0. The highest BCUT2D eigenvalue weighted by Gasteiger charge is 2.55. The summed E-state index contributed by atoms with van der Waals surface area (Å²) in [6, 6.07) is 0. The smallest absolute Gasteiger partial charge is 0.325 e. The average molecular weight is 142 g/mol. The van der Waals surface area contributed by atoms with Gasteiger partial charge in [0.15, 0.2) is 0 Å². The van der Waals surface area contributed by atoms with Crippen molar-refractivity contribution in [3.05, 3.63) is 0 Å². The molecule has 0 aromatic rings. The average Bonchev–Trinajstić information content (AvgIpc) is 2.09. The topological polar surface area (TPSA) is 61.4 Å². The number of rotatable bonds is 1. The van der Waals surface area contributed by atoms with Gasteiger partial charge in [0.1, 0.15) is 5.54 Å². The number of fused-ring (bicyclic) bond motifs is 1. The molecule has 0 radical (unpaired) electrons. The molecule has 4 nitrogen and oxygen atoms in total. The summed E-state index contributed by atoms with van der Waals surface area (Å²) in [4.78, 5) is 10.7. The second-order valence-electron chi connectivity index (χ2n) is 2.99. The molecule has 0 aromatic carbocycles. The second-order valence-corrected chi connectivity index (χ2v) is 2.99. The van der Waals surface area contributed by atoms with Crippen LogP contribution in [-0.2, 0) is 4.79 Å². The van der Waals surface area contributed by atoms with E-state index in [2.05, 4.69) is 10.6 Å². The lowest BCUT2D eigenvalue weighted by atomic mass is 9.79. The van der Waals surface area contributed by atoms with Gasteiger partial charge in [0.25, 0.3) is 0 Å². The van der Waals surface area contributed by atoms with Gasteiger partial charge in [-0.3, -0.25) is 4.79 Å². The molecule has 0 amide bonds. The van der Waals surface area contributed by atoms with E-state index in [4.69, 9.17) is 5.11 Å². The van der Waals surface area contributed by atoms with Gasteiger partial charge in [0.2, 0.25) is 0 Å². The fourth-order valence-electron chi connectivity index (χ4n) is 1.72. The zero-order valence-electron chi connectivity index (χ0n) is 5.55. The minimum absolute atomic E-state index is 0.310. The number of carboxylic acids is 1. The van der Waals surface area contributed by atoms with Gasteiger partial charge in [-0.1, -0.05) is 0 Å². The van der Waals surface area contributed by atoms with Crippen molar-refractivity contribution >= 4 is 5.97 Å². The van der Waals surface area contributed by atoms with E-state index in [1.165, 1.54) is 0 Å². The van der Waals surface area contributed by atoms with Crippen LogP contribution in [-0.4, -0.2) is 36.2 Å². The molecule has 0 saturated carbocycles. The van der Waals surface area contributed by atoms with Crippen molar-refractivity contribution in [3.63, 3.8) is 0 Å². The standard InChI is InChI=1S/C6H10N2O2/c9-5(10)6-3-7-1-4(6)2-8-6/h4,7-8H,1-3H2,(H,9,10). The van der Waals surface area contributed by atoms with Crippen molar-refractivity contribution in [3.8, 4) is 0 Å². The van der Waals surface area contributed by atoms with E-state index in [1.54, 1.807) is 0 Å². The first-order valence-electron chi connectivity index (χ1n) is 3.45. The normalized spacial score (nSPS) is 44.2. The van der Waals surface area contributed by atoms with Crippen molar-refractivity contribution in [2.75, 3.05) is 19.6 Å². The minimum Gasteiger partial charge on any atom is -0.480 e. The second kappa shape index (κ2) is 1.71. The lowest BCUT2D eigenvalue weighted by Crippen LogP contribution is -2.69. The van der Waals surface area contributed by atoms with Crippen LogP contribution in [0, 0.1) is 5.92 Å². The molecular formula is C6H10N2O2. The number of nitrogens with one attached hydrogen (secondary N) is 2. The minimum atomic E-state index is -0.714. The van der Waals surface area contributed by atoms with Crippen LogP contribution in [0.1, 0.15) is 0 Å². The van der Waals surface area contributed by atoms with Gasteiger partial charge in [-0.25, -0.2) is 0 Å². The molecule has 0 aliphatic carbocycles. The van der Waals surface area contributed by atoms with Crippen LogP contribution in [0.2, 0.25) is 0 Å². The summed E-state index contributed by atoms with van der Waals surface area (Å²) in [5.41, 5.74) is -0.611.